The van der Waals surface area contributed by atoms with Crippen molar-refractivity contribution in [3.63, 3.8) is 0 Å². The van der Waals surface area contributed by atoms with Gasteiger partial charge in [0, 0.05) is 23.7 Å². The van der Waals surface area contributed by atoms with Crippen LogP contribution >= 0.6 is 11.3 Å². The van der Waals surface area contributed by atoms with E-state index in [9.17, 15) is 4.79 Å². The molecule has 0 aromatic carbocycles. The third-order valence-electron chi connectivity index (χ3n) is 4.26. The number of thiophene rings is 1. The second-order valence-electron chi connectivity index (χ2n) is 6.25. The van der Waals surface area contributed by atoms with E-state index < -0.39 is 0 Å². The van der Waals surface area contributed by atoms with Crippen LogP contribution in [0.1, 0.15) is 41.2 Å². The van der Waals surface area contributed by atoms with Crippen molar-refractivity contribution < 1.29 is 4.79 Å². The van der Waals surface area contributed by atoms with Crippen molar-refractivity contribution in [1.29, 1.82) is 0 Å². The maximum Gasteiger partial charge on any atom is 0.266 e. The van der Waals surface area contributed by atoms with Gasteiger partial charge in [-0.05, 0) is 44.7 Å². The van der Waals surface area contributed by atoms with Crippen molar-refractivity contribution in [3.8, 4) is 0 Å². The number of rotatable bonds is 1. The van der Waals surface area contributed by atoms with Crippen LogP contribution in [0.25, 0.3) is 10.2 Å². The number of carbonyl (C=O) groups excluding carboxylic acids is 1. The van der Waals surface area contributed by atoms with Crippen LogP contribution in [0.4, 0.5) is 5.69 Å². The number of amides is 1. The summed E-state index contributed by atoms with van der Waals surface area (Å²) >= 11 is 1.42. The molecule has 3 rings (SSSR count). The highest BCUT2D eigenvalue weighted by molar-refractivity contribution is 7.21. The highest BCUT2D eigenvalue weighted by Gasteiger charge is 2.32. The summed E-state index contributed by atoms with van der Waals surface area (Å²) in [4.78, 5) is 20.8. The molecule has 0 radical (unpaired) electrons. The second-order valence-corrected chi connectivity index (χ2v) is 7.25. The van der Waals surface area contributed by atoms with Gasteiger partial charge in [0.2, 0.25) is 0 Å². The fourth-order valence-electron chi connectivity index (χ4n) is 3.34. The quantitative estimate of drug-likeness (QED) is 0.878. The minimum atomic E-state index is 0.0596. The number of fused-ring (bicyclic) bond motifs is 1. The lowest BCUT2D eigenvalue weighted by molar-refractivity contribution is 0.0749. The zero-order valence-electron chi connectivity index (χ0n) is 12.9. The molecule has 0 aliphatic carbocycles. The summed E-state index contributed by atoms with van der Waals surface area (Å²) in [5.41, 5.74) is 8.91. The van der Waals surface area contributed by atoms with E-state index in [-0.39, 0.29) is 11.9 Å². The van der Waals surface area contributed by atoms with Crippen LogP contribution in [0, 0.1) is 19.8 Å². The topological polar surface area (TPSA) is 59.2 Å². The van der Waals surface area contributed by atoms with Gasteiger partial charge in [-0.15, -0.1) is 11.3 Å². The Hall–Kier alpha value is -1.62. The fraction of sp³-hybridized carbons (Fsp3) is 0.500. The normalized spacial score (nSPS) is 22.2. The van der Waals surface area contributed by atoms with Gasteiger partial charge in [0.1, 0.15) is 9.71 Å². The van der Waals surface area contributed by atoms with Crippen LogP contribution in [0.15, 0.2) is 6.07 Å². The summed E-state index contributed by atoms with van der Waals surface area (Å²) in [7, 11) is 0. The van der Waals surface area contributed by atoms with Crippen molar-refractivity contribution in [2.45, 2.75) is 40.2 Å². The Morgan fingerprint density at radius 3 is 2.76 bits per heavy atom. The largest absolute Gasteiger partial charge is 0.397 e. The molecule has 4 nitrogen and oxygen atoms in total. The summed E-state index contributed by atoms with van der Waals surface area (Å²) in [5.74, 6) is 0.617. The molecule has 1 fully saturated rings. The Balaban J connectivity index is 2.07. The van der Waals surface area contributed by atoms with Crippen molar-refractivity contribution in [1.82, 2.24) is 9.88 Å². The van der Waals surface area contributed by atoms with E-state index in [0.29, 0.717) is 16.5 Å². The predicted octanol–water partition coefficient (Wildman–Crippen LogP) is 3.37. The minimum absolute atomic E-state index is 0.0596. The van der Waals surface area contributed by atoms with Crippen LogP contribution in [-0.4, -0.2) is 28.4 Å². The zero-order valence-corrected chi connectivity index (χ0v) is 13.8. The summed E-state index contributed by atoms with van der Waals surface area (Å²) in [6.45, 7) is 9.10. The Morgan fingerprint density at radius 2 is 2.14 bits per heavy atom. The van der Waals surface area contributed by atoms with Gasteiger partial charge in [0.05, 0.1) is 5.69 Å². The van der Waals surface area contributed by atoms with Crippen molar-refractivity contribution in [2.75, 3.05) is 12.3 Å². The standard InChI is InChI=1S/C16H21N3OS/c1-8-5-11(4)19(7-8)16(20)14-13(17)12-9(2)6-10(3)18-15(12)21-14/h6,8,11H,5,7,17H2,1-4H3. The van der Waals surface area contributed by atoms with Crippen LogP contribution in [-0.2, 0) is 0 Å². The average molecular weight is 303 g/mol. The Labute approximate surface area is 129 Å². The number of nitrogen functional groups attached to an aromatic ring is 1. The smallest absolute Gasteiger partial charge is 0.266 e. The van der Waals surface area contributed by atoms with Crippen molar-refractivity contribution >= 4 is 33.1 Å². The number of pyridine rings is 1. The lowest BCUT2D eigenvalue weighted by Gasteiger charge is -2.20. The molecule has 1 aliphatic heterocycles. The molecule has 2 N–H and O–H groups in total. The third-order valence-corrected chi connectivity index (χ3v) is 5.35. The number of aromatic nitrogens is 1. The minimum Gasteiger partial charge on any atom is -0.397 e. The average Bonchev–Trinajstić information content (AvgIpc) is 2.89. The molecule has 0 bridgehead atoms. The molecule has 0 spiro atoms. The summed E-state index contributed by atoms with van der Waals surface area (Å²) < 4.78 is 0. The van der Waals surface area contributed by atoms with Crippen LogP contribution in [0.2, 0.25) is 0 Å². The van der Waals surface area contributed by atoms with E-state index in [1.54, 1.807) is 0 Å². The summed E-state index contributed by atoms with van der Waals surface area (Å²) in [6.07, 6.45) is 1.06. The molecule has 2 unspecified atom stereocenters. The Morgan fingerprint density at radius 1 is 1.43 bits per heavy atom. The second kappa shape index (κ2) is 4.98. The predicted molar refractivity (Wildman–Crippen MR) is 87.8 cm³/mol. The van der Waals surface area contributed by atoms with Gasteiger partial charge >= 0.3 is 0 Å². The van der Waals surface area contributed by atoms with E-state index in [4.69, 9.17) is 5.73 Å². The van der Waals surface area contributed by atoms with E-state index in [1.165, 1.54) is 11.3 Å². The molecule has 2 atom stereocenters. The molecular weight excluding hydrogens is 282 g/mol. The van der Waals surface area contributed by atoms with E-state index in [2.05, 4.69) is 18.8 Å². The van der Waals surface area contributed by atoms with Gasteiger partial charge in [-0.1, -0.05) is 6.92 Å². The number of nitrogens with zero attached hydrogens (tertiary/aromatic N) is 2. The van der Waals surface area contributed by atoms with Gasteiger partial charge in [0.25, 0.3) is 5.91 Å². The van der Waals surface area contributed by atoms with Crippen LogP contribution in [0.5, 0.6) is 0 Å². The molecule has 1 aliphatic rings. The number of nitrogens with two attached hydrogens (primary N) is 1. The van der Waals surface area contributed by atoms with Gasteiger partial charge in [0.15, 0.2) is 0 Å². The first kappa shape index (κ1) is 14.3. The first-order valence-corrected chi connectivity index (χ1v) is 8.17. The number of hydrogen-bond donors (Lipinski definition) is 1. The van der Waals surface area contributed by atoms with Crippen LogP contribution in [0.3, 0.4) is 0 Å². The summed E-state index contributed by atoms with van der Waals surface area (Å²) in [6, 6.07) is 2.30. The lowest BCUT2D eigenvalue weighted by Crippen LogP contribution is -2.33. The van der Waals surface area contributed by atoms with E-state index in [1.807, 2.05) is 24.8 Å². The van der Waals surface area contributed by atoms with Gasteiger partial charge in [-0.3, -0.25) is 4.79 Å². The monoisotopic (exact) mass is 303 g/mol. The van der Waals surface area contributed by atoms with Crippen molar-refractivity contribution in [3.05, 3.63) is 22.2 Å². The van der Waals surface area contributed by atoms with Crippen LogP contribution < -0.4 is 5.73 Å². The molecule has 0 saturated carbocycles. The number of anilines is 1. The maximum atomic E-state index is 12.8. The third kappa shape index (κ3) is 2.29. The number of hydrogen-bond acceptors (Lipinski definition) is 4. The molecule has 2 aromatic heterocycles. The molecule has 1 saturated heterocycles. The number of likely N-dealkylation sites (tertiary alicyclic amines) is 1. The SMILES string of the molecule is Cc1cc(C)c2c(N)c(C(=O)N3CC(C)CC3C)sc2n1. The van der Waals surface area contributed by atoms with Gasteiger partial charge in [-0.25, -0.2) is 4.98 Å². The van der Waals surface area contributed by atoms with Crippen molar-refractivity contribution in [2.24, 2.45) is 5.92 Å². The molecule has 3 heterocycles. The molecule has 112 valence electrons. The van der Waals surface area contributed by atoms with Gasteiger partial charge < -0.3 is 10.6 Å². The van der Waals surface area contributed by atoms with E-state index >= 15 is 0 Å². The molecule has 1 amide bonds. The fourth-order valence-corrected chi connectivity index (χ4v) is 4.51. The maximum absolute atomic E-state index is 12.8. The van der Waals surface area contributed by atoms with E-state index in [0.717, 1.165) is 34.4 Å². The Kier molecular flexibility index (Phi) is 3.40. The number of aryl methyl sites for hydroxylation is 2. The zero-order chi connectivity index (χ0) is 15.3. The Bertz CT molecular complexity index is 722. The molecule has 2 aromatic rings. The highest BCUT2D eigenvalue weighted by atomic mass is 32.1. The highest BCUT2D eigenvalue weighted by Crippen LogP contribution is 2.37. The summed E-state index contributed by atoms with van der Waals surface area (Å²) in [5, 5.41) is 0.939. The first-order valence-electron chi connectivity index (χ1n) is 7.35. The van der Waals surface area contributed by atoms with Gasteiger partial charge in [-0.2, -0.15) is 0 Å². The molecule has 5 heteroatoms. The lowest BCUT2D eigenvalue weighted by atomic mass is 10.1. The molecular formula is C16H21N3OS. The number of carbonyl (C=O) groups is 1. The molecule has 21 heavy (non-hydrogen) atoms. The first-order chi connectivity index (χ1) is 9.88.